The van der Waals surface area contributed by atoms with E-state index in [4.69, 9.17) is 16.0 Å². The largest absolute Gasteiger partial charge is 0.460 e. The molecular formula is C22H26ClN4O2+. The first-order valence-electron chi connectivity index (χ1n) is 10.1. The highest BCUT2D eigenvalue weighted by Gasteiger charge is 2.20. The second-order valence-electron chi connectivity index (χ2n) is 7.53. The molecule has 3 heterocycles. The highest BCUT2D eigenvalue weighted by Crippen LogP contribution is 2.24. The van der Waals surface area contributed by atoms with Gasteiger partial charge in [-0.05, 0) is 56.5 Å². The van der Waals surface area contributed by atoms with Crippen molar-refractivity contribution in [3.8, 4) is 17.1 Å². The van der Waals surface area contributed by atoms with Gasteiger partial charge in [-0.3, -0.25) is 4.79 Å². The molecule has 7 heteroatoms. The van der Waals surface area contributed by atoms with Crippen LogP contribution < -0.4 is 10.2 Å². The van der Waals surface area contributed by atoms with Crippen LogP contribution in [0.25, 0.3) is 17.1 Å². The number of rotatable bonds is 6. The third-order valence-electron chi connectivity index (χ3n) is 5.31. The molecule has 0 spiro atoms. The fourth-order valence-corrected chi connectivity index (χ4v) is 3.97. The van der Waals surface area contributed by atoms with Gasteiger partial charge in [0, 0.05) is 11.1 Å². The molecule has 0 saturated carbocycles. The van der Waals surface area contributed by atoms with E-state index in [1.165, 1.54) is 32.4 Å². The molecule has 152 valence electrons. The molecule has 0 atom stereocenters. The molecule has 2 aromatic heterocycles. The minimum atomic E-state index is -0.150. The Hall–Kier alpha value is -2.57. The van der Waals surface area contributed by atoms with Gasteiger partial charge in [-0.2, -0.15) is 5.10 Å². The zero-order valence-corrected chi connectivity index (χ0v) is 17.3. The van der Waals surface area contributed by atoms with Gasteiger partial charge in [-0.1, -0.05) is 17.7 Å². The van der Waals surface area contributed by atoms with Gasteiger partial charge in [-0.25, -0.2) is 4.68 Å². The number of aromatic nitrogens is 2. The van der Waals surface area contributed by atoms with E-state index in [2.05, 4.69) is 10.4 Å². The van der Waals surface area contributed by atoms with Crippen LogP contribution in [0.2, 0.25) is 5.02 Å². The number of furan rings is 1. The first-order valence-corrected chi connectivity index (χ1v) is 10.5. The molecule has 0 bridgehead atoms. The van der Waals surface area contributed by atoms with Gasteiger partial charge in [0.2, 0.25) is 0 Å². The van der Waals surface area contributed by atoms with Crippen LogP contribution in [0, 0.1) is 6.92 Å². The smallest absolute Gasteiger partial charge is 0.270 e. The Morgan fingerprint density at radius 3 is 2.76 bits per heavy atom. The molecule has 6 nitrogen and oxygen atoms in total. The second-order valence-corrected chi connectivity index (χ2v) is 7.97. The molecule has 1 aliphatic heterocycles. The van der Waals surface area contributed by atoms with Gasteiger partial charge < -0.3 is 14.6 Å². The van der Waals surface area contributed by atoms with Crippen molar-refractivity contribution in [3.63, 3.8) is 0 Å². The van der Waals surface area contributed by atoms with Gasteiger partial charge in [0.15, 0.2) is 5.76 Å². The van der Waals surface area contributed by atoms with Crippen LogP contribution in [-0.2, 0) is 0 Å². The Balaban J connectivity index is 1.56. The Kier molecular flexibility index (Phi) is 6.02. The minimum absolute atomic E-state index is 0.150. The van der Waals surface area contributed by atoms with E-state index in [0.29, 0.717) is 28.7 Å². The third kappa shape index (κ3) is 4.71. The molecule has 1 amide bonds. The van der Waals surface area contributed by atoms with Gasteiger partial charge >= 0.3 is 0 Å². The van der Waals surface area contributed by atoms with Crippen LogP contribution in [0.4, 0.5) is 0 Å². The maximum atomic E-state index is 13.0. The number of nitrogens with zero attached hydrogens (tertiary/aromatic N) is 2. The molecule has 2 N–H and O–H groups in total. The summed E-state index contributed by atoms with van der Waals surface area (Å²) in [6.45, 7) is 5.86. The summed E-state index contributed by atoms with van der Waals surface area (Å²) >= 11 is 6.16. The normalized spacial score (nSPS) is 14.8. The summed E-state index contributed by atoms with van der Waals surface area (Å²) in [6.07, 6.45) is 3.87. The second kappa shape index (κ2) is 8.84. The molecule has 4 rings (SSSR count). The van der Waals surface area contributed by atoms with E-state index in [0.717, 1.165) is 18.0 Å². The Bertz CT molecular complexity index is 988. The Morgan fingerprint density at radius 2 is 2.03 bits per heavy atom. The van der Waals surface area contributed by atoms with Crippen molar-refractivity contribution in [2.24, 2.45) is 0 Å². The fourth-order valence-electron chi connectivity index (χ4n) is 3.79. The Labute approximate surface area is 175 Å². The molecule has 1 saturated heterocycles. The fraction of sp³-hybridized carbons (Fsp3) is 0.364. The zero-order chi connectivity index (χ0) is 20.2. The summed E-state index contributed by atoms with van der Waals surface area (Å²) in [5, 5.41) is 8.27. The molecule has 0 aliphatic carbocycles. The lowest BCUT2D eigenvalue weighted by molar-refractivity contribution is -0.903. The molecule has 1 fully saturated rings. The number of halogens is 1. The van der Waals surface area contributed by atoms with E-state index >= 15 is 0 Å². The number of hydrogen-bond acceptors (Lipinski definition) is 3. The molecule has 3 aromatic rings. The predicted molar refractivity (Wildman–Crippen MR) is 113 cm³/mol. The van der Waals surface area contributed by atoms with Crippen molar-refractivity contribution in [3.05, 3.63) is 58.9 Å². The predicted octanol–water partition coefficient (Wildman–Crippen LogP) is 2.89. The van der Waals surface area contributed by atoms with E-state index in [-0.39, 0.29) is 5.91 Å². The van der Waals surface area contributed by atoms with Gasteiger partial charge in [0.05, 0.1) is 31.9 Å². The van der Waals surface area contributed by atoms with Crippen LogP contribution >= 0.6 is 11.6 Å². The van der Waals surface area contributed by atoms with Crippen LogP contribution in [0.3, 0.4) is 0 Å². The lowest BCUT2D eigenvalue weighted by Gasteiger charge is -2.23. The highest BCUT2D eigenvalue weighted by atomic mass is 35.5. The molecular weight excluding hydrogens is 388 g/mol. The van der Waals surface area contributed by atoms with Crippen LogP contribution in [0.15, 0.2) is 46.9 Å². The van der Waals surface area contributed by atoms with Gasteiger partial charge in [-0.15, -0.1) is 0 Å². The molecule has 29 heavy (non-hydrogen) atoms. The minimum Gasteiger partial charge on any atom is -0.460 e. The number of amides is 1. The van der Waals surface area contributed by atoms with Crippen LogP contribution in [0.1, 0.15) is 35.5 Å². The van der Waals surface area contributed by atoms with Crippen molar-refractivity contribution in [1.29, 1.82) is 0 Å². The number of likely N-dealkylation sites (tertiary alicyclic amines) is 1. The maximum Gasteiger partial charge on any atom is 0.270 e. The third-order valence-corrected chi connectivity index (χ3v) is 5.55. The lowest BCUT2D eigenvalue weighted by Crippen LogP contribution is -3.13. The van der Waals surface area contributed by atoms with Gasteiger partial charge in [0.25, 0.3) is 5.91 Å². The number of hydrogen-bond donors (Lipinski definition) is 2. The van der Waals surface area contributed by atoms with Crippen molar-refractivity contribution in [2.75, 3.05) is 26.2 Å². The number of piperidine rings is 1. The van der Waals surface area contributed by atoms with Gasteiger partial charge in [0.1, 0.15) is 17.1 Å². The first-order chi connectivity index (χ1) is 14.1. The van der Waals surface area contributed by atoms with Crippen molar-refractivity contribution >= 4 is 17.5 Å². The highest BCUT2D eigenvalue weighted by molar-refractivity contribution is 6.30. The van der Waals surface area contributed by atoms with Crippen LogP contribution in [-0.4, -0.2) is 41.9 Å². The van der Waals surface area contributed by atoms with E-state index in [1.54, 1.807) is 27.8 Å². The number of aryl methyl sites for hydroxylation is 1. The SMILES string of the molecule is Cc1ccc(-c2cc(C(=O)NCC[NH+]3CCCCC3)n(-c3cccc(Cl)c3)n2)o1. The maximum absolute atomic E-state index is 13.0. The summed E-state index contributed by atoms with van der Waals surface area (Å²) in [6, 6.07) is 12.8. The molecule has 0 radical (unpaired) electrons. The first kappa shape index (κ1) is 19.7. The summed E-state index contributed by atoms with van der Waals surface area (Å²) in [7, 11) is 0. The quantitative estimate of drug-likeness (QED) is 0.653. The van der Waals surface area contributed by atoms with Crippen molar-refractivity contribution < 1.29 is 14.1 Å². The zero-order valence-electron chi connectivity index (χ0n) is 16.6. The van der Waals surface area contributed by atoms with Crippen molar-refractivity contribution in [1.82, 2.24) is 15.1 Å². The molecule has 1 aromatic carbocycles. The average Bonchev–Trinajstić information content (AvgIpc) is 3.35. The van der Waals surface area contributed by atoms with Crippen molar-refractivity contribution in [2.45, 2.75) is 26.2 Å². The Morgan fingerprint density at radius 1 is 1.21 bits per heavy atom. The number of carbonyl (C=O) groups excluding carboxylic acids is 1. The standard InChI is InChI=1S/C22H25ClN4O2/c1-16-8-9-21(29-16)19-15-20(27(25-19)18-7-5-6-17(23)14-18)22(28)24-10-13-26-11-3-2-4-12-26/h5-9,14-15H,2-4,10-13H2,1H3,(H,24,28)/p+1. The summed E-state index contributed by atoms with van der Waals surface area (Å²) < 4.78 is 7.33. The number of nitrogens with one attached hydrogen (secondary N) is 2. The van der Waals surface area contributed by atoms with E-state index in [1.807, 2.05) is 31.2 Å². The summed E-state index contributed by atoms with van der Waals surface area (Å²) in [4.78, 5) is 14.5. The molecule has 1 aliphatic rings. The number of benzene rings is 1. The summed E-state index contributed by atoms with van der Waals surface area (Å²) in [5.41, 5.74) is 1.81. The monoisotopic (exact) mass is 413 g/mol. The summed E-state index contributed by atoms with van der Waals surface area (Å²) in [5.74, 6) is 1.28. The van der Waals surface area contributed by atoms with E-state index < -0.39 is 0 Å². The number of carbonyl (C=O) groups is 1. The molecule has 0 unspecified atom stereocenters. The van der Waals surface area contributed by atoms with E-state index in [9.17, 15) is 4.79 Å². The van der Waals surface area contributed by atoms with Crippen LogP contribution in [0.5, 0.6) is 0 Å². The number of quaternary nitrogens is 1. The average molecular weight is 414 g/mol. The lowest BCUT2D eigenvalue weighted by atomic mass is 10.1. The topological polar surface area (TPSA) is 64.5 Å².